The fourth-order valence-corrected chi connectivity index (χ4v) is 3.20. The summed E-state index contributed by atoms with van der Waals surface area (Å²) in [4.78, 5) is 12.7. The van der Waals surface area contributed by atoms with E-state index in [0.29, 0.717) is 23.9 Å². The summed E-state index contributed by atoms with van der Waals surface area (Å²) in [5.74, 6) is 0.825. The highest BCUT2D eigenvalue weighted by atomic mass is 19.1. The van der Waals surface area contributed by atoms with Gasteiger partial charge in [0.25, 0.3) is 5.91 Å². The van der Waals surface area contributed by atoms with Crippen molar-refractivity contribution in [1.82, 2.24) is 19.6 Å². The van der Waals surface area contributed by atoms with Crippen molar-refractivity contribution in [3.63, 3.8) is 0 Å². The molecule has 2 heterocycles. The maximum Gasteiger partial charge on any atom is 0.277 e. The molecule has 158 valence electrons. The van der Waals surface area contributed by atoms with Gasteiger partial charge in [0.1, 0.15) is 17.3 Å². The number of ether oxygens (including phenoxy) is 2. The summed E-state index contributed by atoms with van der Waals surface area (Å²) in [6.07, 6.45) is 3.12. The van der Waals surface area contributed by atoms with Crippen LogP contribution in [-0.2, 0) is 6.54 Å². The molecule has 1 amide bonds. The lowest BCUT2D eigenvalue weighted by atomic mass is 10.2. The molecule has 4 aromatic rings. The second-order valence-corrected chi connectivity index (χ2v) is 6.58. The van der Waals surface area contributed by atoms with Crippen molar-refractivity contribution < 1.29 is 18.7 Å². The first-order valence-electron chi connectivity index (χ1n) is 9.44. The number of hydrogen-bond acceptors (Lipinski definition) is 5. The Balaban J connectivity index is 1.53. The van der Waals surface area contributed by atoms with Gasteiger partial charge in [-0.3, -0.25) is 4.79 Å². The van der Waals surface area contributed by atoms with E-state index in [-0.39, 0.29) is 11.4 Å². The number of carbonyl (C=O) groups excluding carboxylic acids is 1. The van der Waals surface area contributed by atoms with E-state index in [1.54, 1.807) is 55.4 Å². The van der Waals surface area contributed by atoms with Gasteiger partial charge >= 0.3 is 0 Å². The normalized spacial score (nSPS) is 10.7. The first kappa shape index (κ1) is 20.1. The molecule has 0 atom stereocenters. The SMILES string of the molecule is COc1cccc(Cn2nccc2NC(=O)c2ccn(-c3ccccc3F)n2)c1OC. The molecule has 0 saturated heterocycles. The third-order valence-corrected chi connectivity index (χ3v) is 4.68. The Hall–Kier alpha value is -4.14. The number of carbonyl (C=O) groups is 1. The number of rotatable bonds is 7. The zero-order valence-electron chi connectivity index (χ0n) is 16.9. The minimum Gasteiger partial charge on any atom is -0.493 e. The van der Waals surface area contributed by atoms with Gasteiger partial charge in [-0.2, -0.15) is 10.2 Å². The molecule has 31 heavy (non-hydrogen) atoms. The highest BCUT2D eigenvalue weighted by molar-refractivity contribution is 6.02. The minimum atomic E-state index is -0.436. The van der Waals surface area contributed by atoms with Crippen LogP contribution < -0.4 is 14.8 Å². The predicted molar refractivity (Wildman–Crippen MR) is 112 cm³/mol. The Labute approximate surface area is 177 Å². The van der Waals surface area contributed by atoms with E-state index in [0.717, 1.165) is 5.56 Å². The zero-order valence-corrected chi connectivity index (χ0v) is 16.9. The molecule has 4 rings (SSSR count). The molecular formula is C22H20FN5O3. The number of benzene rings is 2. The van der Waals surface area contributed by atoms with Gasteiger partial charge in [-0.25, -0.2) is 13.8 Å². The number of nitrogens with one attached hydrogen (secondary N) is 1. The van der Waals surface area contributed by atoms with Crippen LogP contribution in [0.1, 0.15) is 16.1 Å². The van der Waals surface area contributed by atoms with E-state index in [9.17, 15) is 9.18 Å². The van der Waals surface area contributed by atoms with Crippen LogP contribution in [0.5, 0.6) is 11.5 Å². The number of nitrogens with zero attached hydrogens (tertiary/aromatic N) is 4. The van der Waals surface area contributed by atoms with E-state index in [2.05, 4.69) is 15.5 Å². The van der Waals surface area contributed by atoms with Crippen molar-refractivity contribution in [2.24, 2.45) is 0 Å². The summed E-state index contributed by atoms with van der Waals surface area (Å²) in [6, 6.07) is 15.0. The number of halogens is 1. The predicted octanol–water partition coefficient (Wildman–Crippen LogP) is 3.53. The molecule has 0 spiro atoms. The van der Waals surface area contributed by atoms with E-state index in [4.69, 9.17) is 9.47 Å². The molecule has 9 heteroatoms. The smallest absolute Gasteiger partial charge is 0.277 e. The molecule has 0 radical (unpaired) electrons. The number of aromatic nitrogens is 4. The Morgan fingerprint density at radius 1 is 1.06 bits per heavy atom. The largest absolute Gasteiger partial charge is 0.493 e. The van der Waals surface area contributed by atoms with E-state index >= 15 is 0 Å². The fourth-order valence-electron chi connectivity index (χ4n) is 3.20. The van der Waals surface area contributed by atoms with Crippen molar-refractivity contribution in [2.75, 3.05) is 19.5 Å². The van der Waals surface area contributed by atoms with Gasteiger partial charge in [0.2, 0.25) is 0 Å². The third kappa shape index (κ3) is 4.11. The lowest BCUT2D eigenvalue weighted by Crippen LogP contribution is -2.17. The second-order valence-electron chi connectivity index (χ2n) is 6.58. The molecule has 0 aliphatic heterocycles. The van der Waals surface area contributed by atoms with Crippen LogP contribution in [0.4, 0.5) is 10.2 Å². The molecule has 1 N–H and O–H groups in total. The lowest BCUT2D eigenvalue weighted by molar-refractivity contribution is 0.102. The number of hydrogen-bond donors (Lipinski definition) is 1. The average Bonchev–Trinajstić information content (AvgIpc) is 3.44. The topological polar surface area (TPSA) is 83.2 Å². The Bertz CT molecular complexity index is 1220. The first-order chi connectivity index (χ1) is 15.1. The lowest BCUT2D eigenvalue weighted by Gasteiger charge is -2.14. The quantitative estimate of drug-likeness (QED) is 0.494. The Morgan fingerprint density at radius 3 is 2.68 bits per heavy atom. The van der Waals surface area contributed by atoms with Crippen molar-refractivity contribution in [3.8, 4) is 17.2 Å². The molecule has 0 aliphatic carbocycles. The van der Waals surface area contributed by atoms with Crippen LogP contribution in [0.2, 0.25) is 0 Å². The van der Waals surface area contributed by atoms with Crippen LogP contribution in [-0.4, -0.2) is 39.7 Å². The van der Waals surface area contributed by atoms with E-state index in [1.807, 2.05) is 12.1 Å². The van der Waals surface area contributed by atoms with Crippen molar-refractivity contribution in [3.05, 3.63) is 84.1 Å². The molecule has 8 nitrogen and oxygen atoms in total. The summed E-state index contributed by atoms with van der Waals surface area (Å²) in [6.45, 7) is 0.354. The van der Waals surface area contributed by atoms with Gasteiger partial charge < -0.3 is 14.8 Å². The van der Waals surface area contributed by atoms with Gasteiger partial charge in [0.15, 0.2) is 17.2 Å². The fraction of sp³-hybridized carbons (Fsp3) is 0.136. The number of para-hydroxylation sites is 2. The summed E-state index contributed by atoms with van der Waals surface area (Å²) in [7, 11) is 3.14. The number of methoxy groups -OCH3 is 2. The van der Waals surface area contributed by atoms with Crippen molar-refractivity contribution >= 4 is 11.7 Å². The number of anilines is 1. The Kier molecular flexibility index (Phi) is 5.65. The Morgan fingerprint density at radius 2 is 1.90 bits per heavy atom. The van der Waals surface area contributed by atoms with E-state index in [1.165, 1.54) is 23.0 Å². The van der Waals surface area contributed by atoms with E-state index < -0.39 is 11.7 Å². The summed E-state index contributed by atoms with van der Waals surface area (Å²) < 4.78 is 27.7. The van der Waals surface area contributed by atoms with Crippen LogP contribution in [0, 0.1) is 5.82 Å². The summed E-state index contributed by atoms with van der Waals surface area (Å²) in [5.41, 5.74) is 1.25. The highest BCUT2D eigenvalue weighted by Gasteiger charge is 2.16. The highest BCUT2D eigenvalue weighted by Crippen LogP contribution is 2.31. The maximum atomic E-state index is 14.0. The molecule has 0 bridgehead atoms. The van der Waals surface area contributed by atoms with Crippen LogP contribution in [0.25, 0.3) is 5.69 Å². The summed E-state index contributed by atoms with van der Waals surface area (Å²) >= 11 is 0. The standard InChI is InChI=1S/C22H20FN5O3/c1-30-19-9-5-6-15(21(19)31-2)14-28-20(10-12-24-28)25-22(29)17-11-13-27(26-17)18-8-4-3-7-16(18)23/h3-13H,14H2,1-2H3,(H,25,29). The first-order valence-corrected chi connectivity index (χ1v) is 9.44. The maximum absolute atomic E-state index is 14.0. The molecule has 2 aromatic carbocycles. The van der Waals surface area contributed by atoms with Gasteiger partial charge in [-0.05, 0) is 24.3 Å². The van der Waals surface area contributed by atoms with Gasteiger partial charge in [-0.15, -0.1) is 0 Å². The van der Waals surface area contributed by atoms with Gasteiger partial charge in [-0.1, -0.05) is 24.3 Å². The monoisotopic (exact) mass is 421 g/mol. The molecule has 0 aliphatic rings. The van der Waals surface area contributed by atoms with Gasteiger partial charge in [0.05, 0.1) is 27.0 Å². The average molecular weight is 421 g/mol. The van der Waals surface area contributed by atoms with Crippen LogP contribution in [0.3, 0.4) is 0 Å². The minimum absolute atomic E-state index is 0.148. The van der Waals surface area contributed by atoms with Gasteiger partial charge in [0, 0.05) is 17.8 Å². The third-order valence-electron chi connectivity index (χ3n) is 4.68. The molecule has 0 unspecified atom stereocenters. The van der Waals surface area contributed by atoms with Crippen molar-refractivity contribution in [1.29, 1.82) is 0 Å². The van der Waals surface area contributed by atoms with Crippen LogP contribution in [0.15, 0.2) is 67.0 Å². The summed E-state index contributed by atoms with van der Waals surface area (Å²) in [5, 5.41) is 11.3. The number of amides is 1. The van der Waals surface area contributed by atoms with Crippen molar-refractivity contribution in [2.45, 2.75) is 6.54 Å². The molecular weight excluding hydrogens is 401 g/mol. The van der Waals surface area contributed by atoms with Crippen LogP contribution >= 0.6 is 0 Å². The molecule has 2 aromatic heterocycles. The molecule has 0 saturated carbocycles. The zero-order chi connectivity index (χ0) is 21.8. The molecule has 0 fully saturated rings. The second kappa shape index (κ2) is 8.70.